The Morgan fingerprint density at radius 1 is 1.54 bits per heavy atom. The Balaban J connectivity index is 2.00. The van der Waals surface area contributed by atoms with Crippen LogP contribution in [0.3, 0.4) is 0 Å². The molecular weight excluding hydrogens is 191 g/mol. The molecule has 1 aliphatic carbocycles. The fraction of sp³-hybridized carbons (Fsp3) is 1.00. The van der Waals surface area contributed by atoms with Crippen molar-refractivity contribution in [3.63, 3.8) is 0 Å². The first kappa shape index (κ1) is 9.66. The highest BCUT2D eigenvalue weighted by molar-refractivity contribution is 7.48. The van der Waals surface area contributed by atoms with E-state index in [2.05, 4.69) is 0 Å². The van der Waals surface area contributed by atoms with Crippen molar-refractivity contribution in [1.82, 2.24) is 0 Å². The molecule has 2 aliphatic rings. The summed E-state index contributed by atoms with van der Waals surface area (Å²) in [7, 11) is -3.18. The highest BCUT2D eigenvalue weighted by atomic mass is 31.2. The summed E-state index contributed by atoms with van der Waals surface area (Å²) in [6.07, 6.45) is 3.36. The lowest BCUT2D eigenvalue weighted by Gasteiger charge is -2.30. The predicted molar refractivity (Wildman–Crippen MR) is 47.4 cm³/mol. The molecule has 0 bridgehead atoms. The zero-order valence-electron chi connectivity index (χ0n) is 7.77. The van der Waals surface area contributed by atoms with E-state index in [1.165, 1.54) is 0 Å². The van der Waals surface area contributed by atoms with E-state index in [4.69, 9.17) is 13.6 Å². The quantitative estimate of drug-likeness (QED) is 0.650. The van der Waals surface area contributed by atoms with Crippen LogP contribution >= 0.6 is 7.82 Å². The summed E-state index contributed by atoms with van der Waals surface area (Å²) in [5.41, 5.74) is 0. The summed E-state index contributed by atoms with van der Waals surface area (Å²) in [4.78, 5) is 0. The maximum Gasteiger partial charge on any atom is 0.475 e. The van der Waals surface area contributed by atoms with Gasteiger partial charge in [-0.15, -0.1) is 0 Å². The molecule has 13 heavy (non-hydrogen) atoms. The van der Waals surface area contributed by atoms with Gasteiger partial charge in [-0.2, -0.15) is 0 Å². The van der Waals surface area contributed by atoms with Crippen LogP contribution in [0.5, 0.6) is 0 Å². The van der Waals surface area contributed by atoms with Crippen LogP contribution in [0.1, 0.15) is 26.2 Å². The number of phosphoric ester groups is 1. The largest absolute Gasteiger partial charge is 0.475 e. The summed E-state index contributed by atoms with van der Waals surface area (Å²) in [6, 6.07) is 0. The molecule has 1 aliphatic heterocycles. The summed E-state index contributed by atoms with van der Waals surface area (Å²) < 4.78 is 27.2. The Labute approximate surface area is 78.2 Å². The van der Waals surface area contributed by atoms with E-state index in [9.17, 15) is 4.57 Å². The van der Waals surface area contributed by atoms with Crippen LogP contribution in [0, 0.1) is 5.92 Å². The van der Waals surface area contributed by atoms with Gasteiger partial charge in [-0.25, -0.2) is 4.57 Å². The monoisotopic (exact) mass is 206 g/mol. The van der Waals surface area contributed by atoms with Crippen molar-refractivity contribution < 1.29 is 18.1 Å². The summed E-state index contributed by atoms with van der Waals surface area (Å²) in [6.45, 7) is 2.68. The second-order valence-electron chi connectivity index (χ2n) is 3.50. The van der Waals surface area contributed by atoms with Crippen LogP contribution in [0.4, 0.5) is 0 Å². The van der Waals surface area contributed by atoms with Gasteiger partial charge in [-0.3, -0.25) is 13.6 Å². The van der Waals surface area contributed by atoms with Crippen molar-refractivity contribution in [1.29, 1.82) is 0 Å². The van der Waals surface area contributed by atoms with Gasteiger partial charge in [-0.05, 0) is 19.8 Å². The summed E-state index contributed by atoms with van der Waals surface area (Å²) in [5.74, 6) is 0.433. The minimum Gasteiger partial charge on any atom is -0.287 e. The second-order valence-corrected chi connectivity index (χ2v) is 5.12. The van der Waals surface area contributed by atoms with Gasteiger partial charge >= 0.3 is 7.82 Å². The molecule has 1 saturated heterocycles. The average Bonchev–Trinajstić information content (AvgIpc) is 2.50. The lowest BCUT2D eigenvalue weighted by Crippen LogP contribution is -2.27. The molecule has 1 saturated carbocycles. The molecule has 0 aromatic carbocycles. The van der Waals surface area contributed by atoms with Gasteiger partial charge in [0.2, 0.25) is 0 Å². The van der Waals surface area contributed by atoms with E-state index in [0.29, 0.717) is 19.1 Å². The SMILES string of the molecule is CCOP1(=O)OCC2CCCC2O1. The number of hydrogen-bond donors (Lipinski definition) is 0. The lowest BCUT2D eigenvalue weighted by molar-refractivity contribution is 0.00345. The molecule has 2 fully saturated rings. The van der Waals surface area contributed by atoms with Gasteiger partial charge in [0.25, 0.3) is 0 Å². The Morgan fingerprint density at radius 3 is 3.15 bits per heavy atom. The third-order valence-electron chi connectivity index (χ3n) is 2.59. The van der Waals surface area contributed by atoms with Crippen molar-refractivity contribution in [3.8, 4) is 0 Å². The first-order valence-corrected chi connectivity index (χ1v) is 6.27. The highest BCUT2D eigenvalue weighted by Gasteiger charge is 2.42. The van der Waals surface area contributed by atoms with Gasteiger partial charge < -0.3 is 0 Å². The topological polar surface area (TPSA) is 44.8 Å². The fourth-order valence-electron chi connectivity index (χ4n) is 1.94. The summed E-state index contributed by atoms with van der Waals surface area (Å²) >= 11 is 0. The van der Waals surface area contributed by atoms with Gasteiger partial charge in [0.1, 0.15) is 0 Å². The maximum absolute atomic E-state index is 11.7. The van der Waals surface area contributed by atoms with Crippen LogP contribution in [0.15, 0.2) is 0 Å². The van der Waals surface area contributed by atoms with Crippen LogP contribution in [0.2, 0.25) is 0 Å². The van der Waals surface area contributed by atoms with E-state index < -0.39 is 7.82 Å². The molecule has 1 heterocycles. The fourth-order valence-corrected chi connectivity index (χ4v) is 3.44. The Hall–Kier alpha value is 0.110. The molecule has 0 aromatic heterocycles. The first-order chi connectivity index (χ1) is 6.23. The molecule has 0 amide bonds. The molecule has 0 radical (unpaired) electrons. The third-order valence-corrected chi connectivity index (χ3v) is 4.16. The number of fused-ring (bicyclic) bond motifs is 1. The minimum atomic E-state index is -3.18. The Bertz CT molecular complexity index is 230. The van der Waals surface area contributed by atoms with Gasteiger partial charge in [-0.1, -0.05) is 6.42 Å². The molecule has 76 valence electrons. The van der Waals surface area contributed by atoms with Crippen LogP contribution in [-0.2, 0) is 18.1 Å². The van der Waals surface area contributed by atoms with E-state index in [-0.39, 0.29) is 6.10 Å². The standard InChI is InChI=1S/C8H15O4P/c1-2-10-13(9)11-6-7-4-3-5-8(7)12-13/h7-8H,2-6H2,1H3. The molecule has 0 N–H and O–H groups in total. The summed E-state index contributed by atoms with van der Waals surface area (Å²) in [5, 5.41) is 0. The van der Waals surface area contributed by atoms with Crippen molar-refractivity contribution >= 4 is 7.82 Å². The predicted octanol–water partition coefficient (Wildman–Crippen LogP) is 2.35. The molecule has 0 aromatic rings. The average molecular weight is 206 g/mol. The zero-order valence-corrected chi connectivity index (χ0v) is 8.66. The third kappa shape index (κ3) is 1.96. The first-order valence-electron chi connectivity index (χ1n) is 4.81. The normalized spacial score (nSPS) is 44.7. The van der Waals surface area contributed by atoms with E-state index >= 15 is 0 Å². The Morgan fingerprint density at radius 2 is 2.38 bits per heavy atom. The van der Waals surface area contributed by atoms with Crippen LogP contribution in [0.25, 0.3) is 0 Å². The van der Waals surface area contributed by atoms with Crippen molar-refractivity contribution in [2.75, 3.05) is 13.2 Å². The molecule has 3 atom stereocenters. The zero-order chi connectivity index (χ0) is 9.31. The molecular formula is C8H15O4P. The smallest absolute Gasteiger partial charge is 0.287 e. The van der Waals surface area contributed by atoms with Crippen molar-refractivity contribution in [3.05, 3.63) is 0 Å². The Kier molecular flexibility index (Phi) is 2.75. The minimum absolute atomic E-state index is 0.103. The molecule has 3 unspecified atom stereocenters. The van der Waals surface area contributed by atoms with Crippen LogP contribution in [-0.4, -0.2) is 19.3 Å². The van der Waals surface area contributed by atoms with E-state index in [1.807, 2.05) is 0 Å². The molecule has 5 heteroatoms. The van der Waals surface area contributed by atoms with E-state index in [0.717, 1.165) is 19.3 Å². The second kappa shape index (κ2) is 3.70. The van der Waals surface area contributed by atoms with Crippen molar-refractivity contribution in [2.45, 2.75) is 32.3 Å². The molecule has 4 nitrogen and oxygen atoms in total. The number of hydrogen-bond acceptors (Lipinski definition) is 4. The number of phosphoric acid groups is 1. The molecule has 2 rings (SSSR count). The van der Waals surface area contributed by atoms with Crippen LogP contribution < -0.4 is 0 Å². The van der Waals surface area contributed by atoms with Gasteiger partial charge in [0, 0.05) is 5.92 Å². The van der Waals surface area contributed by atoms with Gasteiger partial charge in [0.15, 0.2) is 0 Å². The van der Waals surface area contributed by atoms with Crippen molar-refractivity contribution in [2.24, 2.45) is 5.92 Å². The van der Waals surface area contributed by atoms with E-state index in [1.54, 1.807) is 6.92 Å². The maximum atomic E-state index is 11.7. The molecule has 0 spiro atoms. The van der Waals surface area contributed by atoms with Gasteiger partial charge in [0.05, 0.1) is 19.3 Å². The number of rotatable bonds is 2. The highest BCUT2D eigenvalue weighted by Crippen LogP contribution is 2.57. The lowest BCUT2D eigenvalue weighted by atomic mass is 10.1.